The van der Waals surface area contributed by atoms with E-state index in [0.29, 0.717) is 12.2 Å². The van der Waals surface area contributed by atoms with E-state index in [-0.39, 0.29) is 17.8 Å². The summed E-state index contributed by atoms with van der Waals surface area (Å²) in [6, 6.07) is 25.1. The molecule has 0 saturated carbocycles. The Morgan fingerprint density at radius 1 is 0.795 bits per heavy atom. The van der Waals surface area contributed by atoms with Crippen LogP contribution in [-0.4, -0.2) is 48.3 Å². The molecule has 3 heterocycles. The van der Waals surface area contributed by atoms with Crippen LogP contribution in [0.3, 0.4) is 0 Å². The second-order valence-electron chi connectivity index (χ2n) is 10.9. The van der Waals surface area contributed by atoms with Crippen LogP contribution in [0.4, 0.5) is 0 Å². The molecule has 9 heteroatoms. The maximum atomic E-state index is 13.9. The van der Waals surface area contributed by atoms with E-state index in [4.69, 9.17) is 13.7 Å². The summed E-state index contributed by atoms with van der Waals surface area (Å²) >= 11 is 1.37. The fourth-order valence-corrected chi connectivity index (χ4v) is 11.9. The number of ether oxygens (including phenoxy) is 2. The highest BCUT2D eigenvalue weighted by Gasteiger charge is 2.73. The van der Waals surface area contributed by atoms with Gasteiger partial charge in [-0.1, -0.05) is 66.7 Å². The van der Waals surface area contributed by atoms with E-state index in [1.165, 1.54) is 22.9 Å². The van der Waals surface area contributed by atoms with Gasteiger partial charge in [0.15, 0.2) is 0 Å². The van der Waals surface area contributed by atoms with Crippen molar-refractivity contribution in [3.05, 3.63) is 101 Å². The number of para-hydroxylation sites is 1. The molecule has 3 aromatic carbocycles. The number of rotatable bonds is 4. The largest absolute Gasteiger partial charge is 0.458 e. The average molecular weight is 561 g/mol. The minimum Gasteiger partial charge on any atom is -0.458 e. The third kappa shape index (κ3) is 3.36. The van der Waals surface area contributed by atoms with Gasteiger partial charge in [0.2, 0.25) is 0 Å². The van der Waals surface area contributed by atoms with Crippen LogP contribution in [0.15, 0.2) is 78.9 Å². The summed E-state index contributed by atoms with van der Waals surface area (Å²) in [6.45, 7) is 0. The fourth-order valence-electron chi connectivity index (χ4n) is 7.49. The van der Waals surface area contributed by atoms with E-state index >= 15 is 0 Å². The number of hydrogen-bond donors (Lipinski definition) is 0. The number of thioether (sulfide) groups is 1. The Balaban J connectivity index is 1.10. The van der Waals surface area contributed by atoms with Gasteiger partial charge in [0, 0.05) is 11.8 Å². The molecule has 0 amide bonds. The van der Waals surface area contributed by atoms with Crippen molar-refractivity contribution in [3.63, 3.8) is 0 Å². The molecule has 3 fully saturated rings. The molecule has 7 nitrogen and oxygen atoms in total. The third-order valence-electron chi connectivity index (χ3n) is 8.99. The molecule has 0 aromatic heterocycles. The van der Waals surface area contributed by atoms with Crippen molar-refractivity contribution in [1.82, 2.24) is 0 Å². The Kier molecular flexibility index (Phi) is 5.13. The Morgan fingerprint density at radius 2 is 1.41 bits per heavy atom. The molecule has 0 spiro atoms. The van der Waals surface area contributed by atoms with Gasteiger partial charge in [0.05, 0.1) is 22.3 Å². The summed E-state index contributed by atoms with van der Waals surface area (Å²) in [5.41, 5.74) is 4.77. The molecule has 3 aliphatic carbocycles. The quantitative estimate of drug-likeness (QED) is 0.268. The van der Waals surface area contributed by atoms with Gasteiger partial charge in [0.1, 0.15) is 23.2 Å². The van der Waals surface area contributed by atoms with Gasteiger partial charge < -0.3 is 9.47 Å². The van der Waals surface area contributed by atoms with E-state index in [2.05, 4.69) is 24.3 Å². The van der Waals surface area contributed by atoms with Crippen LogP contribution in [0, 0.1) is 11.8 Å². The smallest absolute Gasteiger partial charge is 0.317 e. The Hall–Kier alpha value is -3.14. The van der Waals surface area contributed by atoms with Gasteiger partial charge in [-0.05, 0) is 40.8 Å². The molecule has 39 heavy (non-hydrogen) atoms. The number of hydrogen-bond acceptors (Lipinski definition) is 8. The van der Waals surface area contributed by atoms with Gasteiger partial charge in [-0.3, -0.25) is 13.8 Å². The van der Waals surface area contributed by atoms with E-state index < -0.39 is 55.9 Å². The third-order valence-corrected chi connectivity index (χ3v) is 12.7. The molecule has 7 unspecified atom stereocenters. The van der Waals surface area contributed by atoms with Crippen LogP contribution in [0.25, 0.3) is 0 Å². The Labute approximate surface area is 230 Å². The molecule has 3 saturated heterocycles. The van der Waals surface area contributed by atoms with Crippen molar-refractivity contribution in [3.8, 4) is 5.75 Å². The number of carbonyl (C=O) groups is 2. The SMILES string of the molecule is O=C(OC1C2OS(=O)(=O)C3C2SC1C3C(=O)Oc1ccccc1)C1CC2c3ccccc3C1c1ccccc12. The van der Waals surface area contributed by atoms with E-state index in [1.54, 1.807) is 30.3 Å². The molecule has 3 aliphatic heterocycles. The minimum atomic E-state index is -4.01. The lowest BCUT2D eigenvalue weighted by Crippen LogP contribution is -2.51. The fraction of sp³-hybridized carbons (Fsp3) is 0.333. The van der Waals surface area contributed by atoms with Crippen LogP contribution in [0.2, 0.25) is 0 Å². The van der Waals surface area contributed by atoms with E-state index in [0.717, 1.165) is 11.1 Å². The standard InChI is InChI=1S/C30H24O7S2/c31-29(21-14-20-16-10-4-6-12-18(16)22(21)19-13-7-5-11-17(19)20)36-24-25-27-28(39(33,34)37-25)23(26(24)38-27)30(32)35-15-8-2-1-3-9-15/h1-13,20-28H,14H2. The minimum absolute atomic E-state index is 0.0930. The highest BCUT2D eigenvalue weighted by molar-refractivity contribution is 8.03. The molecule has 198 valence electrons. The Morgan fingerprint density at radius 3 is 2.08 bits per heavy atom. The zero-order valence-corrected chi connectivity index (χ0v) is 22.2. The van der Waals surface area contributed by atoms with E-state index in [1.807, 2.05) is 24.3 Å². The highest BCUT2D eigenvalue weighted by Crippen LogP contribution is 2.60. The van der Waals surface area contributed by atoms with Crippen LogP contribution < -0.4 is 4.74 Å². The first kappa shape index (κ1) is 23.7. The van der Waals surface area contributed by atoms with Gasteiger partial charge in [0.25, 0.3) is 10.1 Å². The number of esters is 2. The van der Waals surface area contributed by atoms with Gasteiger partial charge >= 0.3 is 11.9 Å². The van der Waals surface area contributed by atoms with Gasteiger partial charge in [-0.15, -0.1) is 11.8 Å². The zero-order chi connectivity index (χ0) is 26.5. The van der Waals surface area contributed by atoms with Crippen molar-refractivity contribution in [2.24, 2.45) is 11.8 Å². The highest BCUT2D eigenvalue weighted by atomic mass is 32.2. The molecule has 9 rings (SSSR count). The first-order valence-electron chi connectivity index (χ1n) is 13.1. The first-order chi connectivity index (χ1) is 18.9. The molecule has 7 atom stereocenters. The predicted octanol–water partition coefficient (Wildman–Crippen LogP) is 4.01. The molecular weight excluding hydrogens is 536 g/mol. The number of benzene rings is 3. The molecule has 6 aliphatic rings. The van der Waals surface area contributed by atoms with Crippen molar-refractivity contribution in [1.29, 1.82) is 0 Å². The second kappa shape index (κ2) is 8.43. The summed E-state index contributed by atoms with van der Waals surface area (Å²) in [5.74, 6) is -2.10. The van der Waals surface area contributed by atoms with Gasteiger partial charge in [-0.25, -0.2) is 0 Å². The van der Waals surface area contributed by atoms with Crippen LogP contribution in [0.1, 0.15) is 40.5 Å². The lowest BCUT2D eigenvalue weighted by atomic mass is 9.59. The van der Waals surface area contributed by atoms with Crippen LogP contribution in [-0.2, 0) is 28.6 Å². The molecule has 4 bridgehead atoms. The molecular formula is C30H24O7S2. The first-order valence-corrected chi connectivity index (χ1v) is 15.6. The maximum Gasteiger partial charge on any atom is 0.317 e. The zero-order valence-electron chi connectivity index (χ0n) is 20.6. The Bertz CT molecular complexity index is 1570. The normalized spacial score (nSPS) is 35.7. The van der Waals surface area contributed by atoms with Crippen molar-refractivity contribution < 1.29 is 31.7 Å². The predicted molar refractivity (Wildman–Crippen MR) is 143 cm³/mol. The second-order valence-corrected chi connectivity index (χ2v) is 14.0. The molecule has 0 N–H and O–H groups in total. The molecule has 3 aromatic rings. The average Bonchev–Trinajstić information content (AvgIpc) is 3.56. The van der Waals surface area contributed by atoms with Crippen molar-refractivity contribution in [2.75, 3.05) is 0 Å². The lowest BCUT2D eigenvalue weighted by Gasteiger charge is -2.44. The lowest BCUT2D eigenvalue weighted by molar-refractivity contribution is -0.162. The van der Waals surface area contributed by atoms with Gasteiger partial charge in [-0.2, -0.15) is 8.42 Å². The van der Waals surface area contributed by atoms with Crippen molar-refractivity contribution in [2.45, 2.75) is 46.2 Å². The molecule has 0 radical (unpaired) electrons. The van der Waals surface area contributed by atoms with Crippen molar-refractivity contribution >= 4 is 33.8 Å². The summed E-state index contributed by atoms with van der Waals surface area (Å²) in [7, 11) is -4.01. The topological polar surface area (TPSA) is 96.0 Å². The summed E-state index contributed by atoms with van der Waals surface area (Å²) < 4.78 is 43.2. The number of carbonyl (C=O) groups excluding carboxylic acids is 2. The van der Waals surface area contributed by atoms with E-state index in [9.17, 15) is 18.0 Å². The summed E-state index contributed by atoms with van der Waals surface area (Å²) in [6.07, 6.45) is -1.02. The summed E-state index contributed by atoms with van der Waals surface area (Å²) in [4.78, 5) is 27.2. The number of fused-ring (bicyclic) bond motifs is 2. The monoisotopic (exact) mass is 560 g/mol. The van der Waals surface area contributed by atoms with Crippen LogP contribution >= 0.6 is 11.8 Å². The maximum absolute atomic E-state index is 13.9. The summed E-state index contributed by atoms with van der Waals surface area (Å²) in [5, 5.41) is -2.04. The van der Waals surface area contributed by atoms with Crippen LogP contribution in [0.5, 0.6) is 5.75 Å².